The SMILES string of the molecule is O=C(NO)c1ccc(-c2nc(N3CCC(F)(F)CC3)c3ccccc3n2)cc1. The van der Waals surface area contributed by atoms with Crippen LogP contribution >= 0.6 is 0 Å². The monoisotopic (exact) mass is 384 g/mol. The maximum Gasteiger partial charge on any atom is 0.274 e. The lowest BCUT2D eigenvalue weighted by Crippen LogP contribution is -2.39. The molecule has 1 saturated heterocycles. The summed E-state index contributed by atoms with van der Waals surface area (Å²) in [6, 6.07) is 14.0. The van der Waals surface area contributed by atoms with Crippen molar-refractivity contribution < 1.29 is 18.8 Å². The lowest BCUT2D eigenvalue weighted by atomic mass is 10.1. The van der Waals surface area contributed by atoms with E-state index in [0.29, 0.717) is 22.8 Å². The van der Waals surface area contributed by atoms with Crippen molar-refractivity contribution in [2.45, 2.75) is 18.8 Å². The number of benzene rings is 2. The number of rotatable bonds is 3. The quantitative estimate of drug-likeness (QED) is 0.532. The zero-order valence-corrected chi connectivity index (χ0v) is 14.9. The smallest absolute Gasteiger partial charge is 0.274 e. The van der Waals surface area contributed by atoms with Crippen LogP contribution < -0.4 is 10.4 Å². The van der Waals surface area contributed by atoms with Crippen LogP contribution in [0.15, 0.2) is 48.5 Å². The number of anilines is 1. The number of para-hydroxylation sites is 1. The van der Waals surface area contributed by atoms with Gasteiger partial charge in [0.15, 0.2) is 5.82 Å². The van der Waals surface area contributed by atoms with Crippen LogP contribution in [0.4, 0.5) is 14.6 Å². The van der Waals surface area contributed by atoms with Crippen LogP contribution in [0.3, 0.4) is 0 Å². The number of fused-ring (bicyclic) bond motifs is 1. The molecule has 0 aliphatic carbocycles. The van der Waals surface area contributed by atoms with E-state index in [0.717, 1.165) is 10.9 Å². The van der Waals surface area contributed by atoms with Gasteiger partial charge in [0.1, 0.15) is 5.82 Å². The first-order valence-corrected chi connectivity index (χ1v) is 8.91. The Labute approximate surface area is 159 Å². The van der Waals surface area contributed by atoms with Crippen molar-refractivity contribution in [2.24, 2.45) is 0 Å². The maximum absolute atomic E-state index is 13.6. The summed E-state index contributed by atoms with van der Waals surface area (Å²) in [7, 11) is 0. The van der Waals surface area contributed by atoms with Crippen LogP contribution in [-0.4, -0.2) is 40.1 Å². The van der Waals surface area contributed by atoms with Crippen LogP contribution in [0.2, 0.25) is 0 Å². The molecular formula is C20H18F2N4O2. The molecule has 1 fully saturated rings. The molecule has 2 N–H and O–H groups in total. The van der Waals surface area contributed by atoms with Gasteiger partial charge in [-0.15, -0.1) is 0 Å². The molecule has 0 atom stereocenters. The fraction of sp³-hybridized carbons (Fsp3) is 0.250. The molecule has 0 bridgehead atoms. The van der Waals surface area contributed by atoms with E-state index in [2.05, 4.69) is 9.97 Å². The number of nitrogens with zero attached hydrogens (tertiary/aromatic N) is 3. The fourth-order valence-electron chi connectivity index (χ4n) is 3.31. The lowest BCUT2D eigenvalue weighted by Gasteiger charge is -2.33. The van der Waals surface area contributed by atoms with Crippen LogP contribution in [0, 0.1) is 0 Å². The van der Waals surface area contributed by atoms with Crippen LogP contribution in [0.5, 0.6) is 0 Å². The van der Waals surface area contributed by atoms with Gasteiger partial charge in [0.2, 0.25) is 0 Å². The number of hydrogen-bond donors (Lipinski definition) is 2. The van der Waals surface area contributed by atoms with Crippen molar-refractivity contribution in [3.63, 3.8) is 0 Å². The van der Waals surface area contributed by atoms with E-state index < -0.39 is 11.8 Å². The zero-order valence-electron chi connectivity index (χ0n) is 14.9. The fourth-order valence-corrected chi connectivity index (χ4v) is 3.31. The predicted octanol–water partition coefficient (Wildman–Crippen LogP) is 3.65. The molecule has 4 rings (SSSR count). The summed E-state index contributed by atoms with van der Waals surface area (Å²) in [5, 5.41) is 9.54. The Morgan fingerprint density at radius 3 is 2.39 bits per heavy atom. The highest BCUT2D eigenvalue weighted by molar-refractivity contribution is 5.94. The molecule has 0 spiro atoms. The highest BCUT2D eigenvalue weighted by atomic mass is 19.3. The largest absolute Gasteiger partial charge is 0.356 e. The topological polar surface area (TPSA) is 78.3 Å². The van der Waals surface area contributed by atoms with Crippen molar-refractivity contribution in [1.82, 2.24) is 15.4 Å². The Hall–Kier alpha value is -3.13. The molecule has 0 unspecified atom stereocenters. The minimum absolute atomic E-state index is 0.203. The molecule has 3 aromatic rings. The van der Waals surface area contributed by atoms with Crippen LogP contribution in [0.25, 0.3) is 22.3 Å². The van der Waals surface area contributed by atoms with E-state index in [1.165, 1.54) is 0 Å². The van der Waals surface area contributed by atoms with Gasteiger partial charge in [-0.2, -0.15) is 0 Å². The minimum atomic E-state index is -2.63. The molecular weight excluding hydrogens is 366 g/mol. The second-order valence-corrected chi connectivity index (χ2v) is 6.75. The van der Waals surface area contributed by atoms with E-state index in [-0.39, 0.29) is 25.9 Å². The third-order valence-corrected chi connectivity index (χ3v) is 4.88. The molecule has 1 amide bonds. The highest BCUT2D eigenvalue weighted by Crippen LogP contribution is 2.33. The van der Waals surface area contributed by atoms with Gasteiger partial charge in [0.25, 0.3) is 11.8 Å². The first kappa shape index (κ1) is 18.2. The van der Waals surface area contributed by atoms with Crippen molar-refractivity contribution in [3.05, 3.63) is 54.1 Å². The van der Waals surface area contributed by atoms with Crippen molar-refractivity contribution in [3.8, 4) is 11.4 Å². The summed E-state index contributed by atoms with van der Waals surface area (Å²) in [6.07, 6.45) is -0.405. The summed E-state index contributed by atoms with van der Waals surface area (Å²) in [5.41, 5.74) is 3.29. The zero-order chi connectivity index (χ0) is 19.7. The van der Waals surface area contributed by atoms with E-state index >= 15 is 0 Å². The number of piperidine rings is 1. The molecule has 8 heteroatoms. The van der Waals surface area contributed by atoms with E-state index in [9.17, 15) is 13.6 Å². The van der Waals surface area contributed by atoms with E-state index in [1.54, 1.807) is 29.7 Å². The third kappa shape index (κ3) is 3.50. The van der Waals surface area contributed by atoms with Gasteiger partial charge in [-0.05, 0) is 24.3 Å². The van der Waals surface area contributed by atoms with Gasteiger partial charge in [-0.1, -0.05) is 24.3 Å². The number of nitrogens with one attached hydrogen (secondary N) is 1. The van der Waals surface area contributed by atoms with Gasteiger partial charge in [-0.25, -0.2) is 24.2 Å². The second kappa shape index (κ2) is 7.12. The van der Waals surface area contributed by atoms with Gasteiger partial charge >= 0.3 is 0 Å². The Kier molecular flexibility index (Phi) is 4.64. The number of carbonyl (C=O) groups is 1. The Balaban J connectivity index is 1.75. The van der Waals surface area contributed by atoms with Gasteiger partial charge in [0, 0.05) is 42.4 Å². The number of hydrogen-bond acceptors (Lipinski definition) is 5. The van der Waals surface area contributed by atoms with Crippen molar-refractivity contribution in [1.29, 1.82) is 0 Å². The van der Waals surface area contributed by atoms with Crippen molar-refractivity contribution in [2.75, 3.05) is 18.0 Å². The summed E-state index contributed by atoms with van der Waals surface area (Å²) in [5.74, 6) is -2.16. The molecule has 0 radical (unpaired) electrons. The predicted molar refractivity (Wildman–Crippen MR) is 101 cm³/mol. The first-order chi connectivity index (χ1) is 13.5. The third-order valence-electron chi connectivity index (χ3n) is 4.88. The molecule has 1 aliphatic rings. The molecule has 1 aliphatic heterocycles. The molecule has 144 valence electrons. The highest BCUT2D eigenvalue weighted by Gasteiger charge is 2.35. The summed E-state index contributed by atoms with van der Waals surface area (Å²) >= 11 is 0. The van der Waals surface area contributed by atoms with Gasteiger partial charge in [0.05, 0.1) is 5.52 Å². The average molecular weight is 384 g/mol. The summed E-state index contributed by atoms with van der Waals surface area (Å²) in [6.45, 7) is 0.451. The van der Waals surface area contributed by atoms with Gasteiger partial charge in [-0.3, -0.25) is 10.0 Å². The Morgan fingerprint density at radius 2 is 1.71 bits per heavy atom. The second-order valence-electron chi connectivity index (χ2n) is 6.75. The van der Waals surface area contributed by atoms with Crippen LogP contribution in [-0.2, 0) is 0 Å². The number of aromatic nitrogens is 2. The Bertz CT molecular complexity index is 1010. The molecule has 2 aromatic carbocycles. The number of halogens is 2. The number of alkyl halides is 2. The Morgan fingerprint density at radius 1 is 1.04 bits per heavy atom. The molecule has 0 saturated carbocycles. The average Bonchev–Trinajstić information content (AvgIpc) is 2.72. The van der Waals surface area contributed by atoms with Crippen molar-refractivity contribution >= 4 is 22.6 Å². The number of amides is 1. The molecule has 28 heavy (non-hydrogen) atoms. The molecule has 1 aromatic heterocycles. The normalized spacial score (nSPS) is 16.2. The first-order valence-electron chi connectivity index (χ1n) is 8.91. The number of carbonyl (C=O) groups excluding carboxylic acids is 1. The van der Waals surface area contributed by atoms with E-state index in [1.807, 2.05) is 29.2 Å². The minimum Gasteiger partial charge on any atom is -0.356 e. The van der Waals surface area contributed by atoms with Gasteiger partial charge < -0.3 is 4.90 Å². The lowest BCUT2D eigenvalue weighted by molar-refractivity contribution is -0.0221. The maximum atomic E-state index is 13.6. The van der Waals surface area contributed by atoms with E-state index in [4.69, 9.17) is 5.21 Å². The summed E-state index contributed by atoms with van der Waals surface area (Å²) < 4.78 is 27.1. The summed E-state index contributed by atoms with van der Waals surface area (Å²) in [4.78, 5) is 22.6. The number of hydroxylamine groups is 1. The standard InChI is InChI=1S/C20H18F2N4O2/c21-20(22)9-11-26(12-10-20)18-15-3-1-2-4-16(15)23-17(24-18)13-5-7-14(8-6-13)19(27)25-28/h1-8,28H,9-12H2,(H,25,27). The molecule has 6 nitrogen and oxygen atoms in total. The van der Waals surface area contributed by atoms with Crippen LogP contribution in [0.1, 0.15) is 23.2 Å². The molecule has 2 heterocycles.